The van der Waals surface area contributed by atoms with Gasteiger partial charge in [0.25, 0.3) is 0 Å². The van der Waals surface area contributed by atoms with E-state index in [0.717, 1.165) is 6.54 Å². The smallest absolute Gasteiger partial charge is 0.139 e. The van der Waals surface area contributed by atoms with E-state index in [-0.39, 0.29) is 0 Å². The molecule has 0 aliphatic heterocycles. The Labute approximate surface area is 89.9 Å². The number of benzene rings is 1. The second-order valence-electron chi connectivity index (χ2n) is 3.52. The van der Waals surface area contributed by atoms with Crippen LogP contribution in [-0.4, -0.2) is 32.1 Å². The molecule has 0 aliphatic rings. The van der Waals surface area contributed by atoms with E-state index in [2.05, 4.69) is 6.07 Å². The summed E-state index contributed by atoms with van der Waals surface area (Å²) in [5, 5.41) is 8.84. The van der Waals surface area contributed by atoms with Gasteiger partial charge in [-0.1, -0.05) is 0 Å². The van der Waals surface area contributed by atoms with Crippen LogP contribution in [0, 0.1) is 11.3 Å². The van der Waals surface area contributed by atoms with Crippen LogP contribution in [0.5, 0.6) is 5.75 Å². The Hall–Kier alpha value is -1.73. The third kappa shape index (κ3) is 3.49. The average molecular weight is 205 g/mol. The largest absolute Gasteiger partial charge is 0.491 e. The maximum atomic E-state index is 8.84. The summed E-state index contributed by atoms with van der Waals surface area (Å²) in [5.74, 6) is 0.555. The van der Waals surface area contributed by atoms with Gasteiger partial charge in [0.1, 0.15) is 18.4 Å². The molecular formula is C11H15N3O. The molecular weight excluding hydrogens is 190 g/mol. The molecule has 4 nitrogen and oxygen atoms in total. The quantitative estimate of drug-likeness (QED) is 0.747. The first-order chi connectivity index (χ1) is 7.13. The van der Waals surface area contributed by atoms with Crippen LogP contribution in [0.1, 0.15) is 5.56 Å². The van der Waals surface area contributed by atoms with Crippen molar-refractivity contribution in [2.24, 2.45) is 0 Å². The van der Waals surface area contributed by atoms with Gasteiger partial charge in [0.05, 0.1) is 5.56 Å². The molecule has 0 fully saturated rings. The van der Waals surface area contributed by atoms with E-state index in [1.807, 2.05) is 19.0 Å². The second-order valence-corrected chi connectivity index (χ2v) is 3.52. The minimum absolute atomic E-state index is 0.517. The molecule has 0 aromatic heterocycles. The highest BCUT2D eigenvalue weighted by Crippen LogP contribution is 2.20. The first-order valence-corrected chi connectivity index (χ1v) is 4.70. The maximum absolute atomic E-state index is 8.84. The van der Waals surface area contributed by atoms with E-state index in [1.54, 1.807) is 18.2 Å². The molecule has 0 saturated heterocycles. The Morgan fingerprint density at radius 1 is 1.47 bits per heavy atom. The van der Waals surface area contributed by atoms with Gasteiger partial charge in [0, 0.05) is 18.3 Å². The summed E-state index contributed by atoms with van der Waals surface area (Å²) < 4.78 is 5.48. The van der Waals surface area contributed by atoms with Crippen LogP contribution < -0.4 is 10.5 Å². The highest BCUT2D eigenvalue weighted by Gasteiger charge is 2.03. The number of rotatable bonds is 4. The molecule has 0 bridgehead atoms. The molecule has 1 rings (SSSR count). The molecule has 0 atom stereocenters. The number of anilines is 1. The average Bonchev–Trinajstić information content (AvgIpc) is 2.17. The molecule has 2 N–H and O–H groups in total. The Kier molecular flexibility index (Phi) is 3.95. The fraction of sp³-hybridized carbons (Fsp3) is 0.364. The first kappa shape index (κ1) is 11.3. The number of ether oxygens (including phenoxy) is 1. The summed E-state index contributed by atoms with van der Waals surface area (Å²) >= 11 is 0. The predicted molar refractivity (Wildman–Crippen MR) is 59.6 cm³/mol. The van der Waals surface area contributed by atoms with Gasteiger partial charge < -0.3 is 15.4 Å². The summed E-state index contributed by atoms with van der Waals surface area (Å²) in [4.78, 5) is 2.01. The molecule has 4 heteroatoms. The van der Waals surface area contributed by atoms with Crippen molar-refractivity contribution in [3.05, 3.63) is 23.8 Å². The number of hydrogen-bond acceptors (Lipinski definition) is 4. The zero-order valence-electron chi connectivity index (χ0n) is 9.03. The topological polar surface area (TPSA) is 62.3 Å². The van der Waals surface area contributed by atoms with Gasteiger partial charge in [0.2, 0.25) is 0 Å². The van der Waals surface area contributed by atoms with Crippen LogP contribution in [0.2, 0.25) is 0 Å². The maximum Gasteiger partial charge on any atom is 0.139 e. The monoisotopic (exact) mass is 205 g/mol. The van der Waals surface area contributed by atoms with Gasteiger partial charge in [0.15, 0.2) is 0 Å². The normalized spacial score (nSPS) is 10.0. The predicted octanol–water partition coefficient (Wildman–Crippen LogP) is 1.08. The SMILES string of the molecule is CN(C)CCOc1cc(N)ccc1C#N. The lowest BCUT2D eigenvalue weighted by Gasteiger charge is -2.12. The minimum atomic E-state index is 0.517. The number of likely N-dealkylation sites (N-methyl/N-ethyl adjacent to an activating group) is 1. The van der Waals surface area contributed by atoms with E-state index in [9.17, 15) is 0 Å². The summed E-state index contributed by atoms with van der Waals surface area (Å²) in [6, 6.07) is 7.10. The highest BCUT2D eigenvalue weighted by molar-refractivity contribution is 5.52. The van der Waals surface area contributed by atoms with Gasteiger partial charge in [-0.3, -0.25) is 0 Å². The van der Waals surface area contributed by atoms with Crippen LogP contribution >= 0.6 is 0 Å². The lowest BCUT2D eigenvalue weighted by molar-refractivity contribution is 0.261. The molecule has 0 unspecified atom stereocenters. The van der Waals surface area contributed by atoms with E-state index in [4.69, 9.17) is 15.7 Å². The Balaban J connectivity index is 2.67. The molecule has 0 radical (unpaired) electrons. The highest BCUT2D eigenvalue weighted by atomic mass is 16.5. The molecule has 1 aromatic rings. The third-order valence-electron chi connectivity index (χ3n) is 1.92. The Morgan fingerprint density at radius 2 is 2.20 bits per heavy atom. The van der Waals surface area contributed by atoms with Crippen LogP contribution in [0.3, 0.4) is 0 Å². The minimum Gasteiger partial charge on any atom is -0.491 e. The van der Waals surface area contributed by atoms with E-state index < -0.39 is 0 Å². The van der Waals surface area contributed by atoms with Gasteiger partial charge in [-0.05, 0) is 26.2 Å². The third-order valence-corrected chi connectivity index (χ3v) is 1.92. The van der Waals surface area contributed by atoms with Gasteiger partial charge in [-0.15, -0.1) is 0 Å². The molecule has 0 saturated carbocycles. The molecule has 0 spiro atoms. The second kappa shape index (κ2) is 5.23. The fourth-order valence-corrected chi connectivity index (χ4v) is 1.09. The number of nitriles is 1. The number of hydrogen-bond donors (Lipinski definition) is 1. The van der Waals surface area contributed by atoms with Crippen molar-refractivity contribution >= 4 is 5.69 Å². The van der Waals surface area contributed by atoms with Crippen LogP contribution in [0.25, 0.3) is 0 Å². The molecule has 80 valence electrons. The number of nitrogens with two attached hydrogens (primary N) is 1. The van der Waals surface area contributed by atoms with Crippen molar-refractivity contribution in [3.8, 4) is 11.8 Å². The summed E-state index contributed by atoms with van der Waals surface area (Å²) in [6.07, 6.45) is 0. The first-order valence-electron chi connectivity index (χ1n) is 4.70. The molecule has 0 heterocycles. The van der Waals surface area contributed by atoms with Crippen LogP contribution in [-0.2, 0) is 0 Å². The van der Waals surface area contributed by atoms with Crippen molar-refractivity contribution in [1.29, 1.82) is 5.26 Å². The molecule has 0 aliphatic carbocycles. The van der Waals surface area contributed by atoms with Crippen molar-refractivity contribution in [3.63, 3.8) is 0 Å². The number of nitrogen functional groups attached to an aromatic ring is 1. The van der Waals surface area contributed by atoms with Crippen molar-refractivity contribution in [2.45, 2.75) is 0 Å². The summed E-state index contributed by atoms with van der Waals surface area (Å²) in [5.41, 5.74) is 6.74. The van der Waals surface area contributed by atoms with Crippen molar-refractivity contribution in [1.82, 2.24) is 4.90 Å². The zero-order valence-corrected chi connectivity index (χ0v) is 9.03. The van der Waals surface area contributed by atoms with E-state index in [0.29, 0.717) is 23.6 Å². The lowest BCUT2D eigenvalue weighted by atomic mass is 10.2. The van der Waals surface area contributed by atoms with Crippen molar-refractivity contribution < 1.29 is 4.74 Å². The molecule has 15 heavy (non-hydrogen) atoms. The summed E-state index contributed by atoms with van der Waals surface area (Å²) in [6.45, 7) is 1.35. The fourth-order valence-electron chi connectivity index (χ4n) is 1.09. The van der Waals surface area contributed by atoms with Gasteiger partial charge in [-0.2, -0.15) is 5.26 Å². The zero-order chi connectivity index (χ0) is 11.3. The Morgan fingerprint density at radius 3 is 2.80 bits per heavy atom. The Bertz CT molecular complexity index is 369. The van der Waals surface area contributed by atoms with E-state index >= 15 is 0 Å². The van der Waals surface area contributed by atoms with Gasteiger partial charge >= 0.3 is 0 Å². The van der Waals surface area contributed by atoms with Crippen molar-refractivity contribution in [2.75, 3.05) is 33.0 Å². The lowest BCUT2D eigenvalue weighted by Crippen LogP contribution is -2.19. The summed E-state index contributed by atoms with van der Waals surface area (Å²) in [7, 11) is 3.93. The van der Waals surface area contributed by atoms with E-state index in [1.165, 1.54) is 0 Å². The van der Waals surface area contributed by atoms with Crippen LogP contribution in [0.4, 0.5) is 5.69 Å². The molecule has 0 amide bonds. The standard InChI is InChI=1S/C11H15N3O/c1-14(2)5-6-15-11-7-10(13)4-3-9(11)8-12/h3-4,7H,5-6,13H2,1-2H3. The number of nitrogens with zero attached hydrogens (tertiary/aromatic N) is 2. The molecule has 1 aromatic carbocycles. The van der Waals surface area contributed by atoms with Crippen LogP contribution in [0.15, 0.2) is 18.2 Å². The van der Waals surface area contributed by atoms with Gasteiger partial charge in [-0.25, -0.2) is 0 Å².